The van der Waals surface area contributed by atoms with Gasteiger partial charge in [0.05, 0.1) is 28.0 Å². The lowest BCUT2D eigenvalue weighted by Crippen LogP contribution is -2.25. The minimum atomic E-state index is -1.27. The van der Waals surface area contributed by atoms with E-state index in [2.05, 4.69) is 16.9 Å². The number of nitrogen functional groups attached to an aromatic ring is 1. The van der Waals surface area contributed by atoms with Crippen molar-refractivity contribution in [3.05, 3.63) is 76.1 Å². The number of hydrogen-bond donors (Lipinski definition) is 2. The van der Waals surface area contributed by atoms with Gasteiger partial charge in [-0.2, -0.15) is 5.10 Å². The van der Waals surface area contributed by atoms with Gasteiger partial charge in [-0.05, 0) is 82.9 Å². The number of ether oxygens (including phenoxy) is 1. The van der Waals surface area contributed by atoms with Crippen molar-refractivity contribution in [1.29, 1.82) is 0 Å². The zero-order valence-electron chi connectivity index (χ0n) is 24.3. The fraction of sp³-hybridized carbons (Fsp3) is 0.344. The predicted molar refractivity (Wildman–Crippen MR) is 160 cm³/mol. The number of anilines is 1. The number of aryl methyl sites for hydroxylation is 1. The van der Waals surface area contributed by atoms with Gasteiger partial charge in [0.2, 0.25) is 0 Å². The van der Waals surface area contributed by atoms with Gasteiger partial charge in [0.25, 0.3) is 0 Å². The maximum atomic E-state index is 14.2. The Morgan fingerprint density at radius 1 is 1.10 bits per heavy atom. The first kappa shape index (κ1) is 30.9. The van der Waals surface area contributed by atoms with Crippen molar-refractivity contribution >= 4 is 34.3 Å². The molecule has 4 aromatic rings. The van der Waals surface area contributed by atoms with Crippen molar-refractivity contribution in [2.45, 2.75) is 64.6 Å². The van der Waals surface area contributed by atoms with Crippen LogP contribution in [0.4, 0.5) is 14.6 Å². The molecule has 1 atom stereocenters. The summed E-state index contributed by atoms with van der Waals surface area (Å²) in [5.74, 6) is 3.24. The molecule has 0 aliphatic carbocycles. The van der Waals surface area contributed by atoms with Crippen LogP contribution in [-0.4, -0.2) is 37.0 Å². The highest BCUT2D eigenvalue weighted by molar-refractivity contribution is 6.37. The first-order valence-electron chi connectivity index (χ1n) is 13.3. The summed E-state index contributed by atoms with van der Waals surface area (Å²) in [5.41, 5.74) is 7.22. The lowest BCUT2D eigenvalue weighted by Gasteiger charge is -2.24. The molecule has 220 valence electrons. The quantitative estimate of drug-likeness (QED) is 0.200. The number of carbonyl (C=O) groups excluding carboxylic acids is 1. The van der Waals surface area contributed by atoms with Gasteiger partial charge < -0.3 is 15.6 Å². The van der Waals surface area contributed by atoms with Gasteiger partial charge in [-0.3, -0.25) is 9.48 Å². The van der Waals surface area contributed by atoms with Crippen LogP contribution in [0.2, 0.25) is 5.02 Å². The van der Waals surface area contributed by atoms with Crippen LogP contribution in [-0.2, 0) is 23.0 Å². The van der Waals surface area contributed by atoms with E-state index in [9.17, 15) is 18.7 Å². The van der Waals surface area contributed by atoms with E-state index < -0.39 is 34.7 Å². The van der Waals surface area contributed by atoms with Gasteiger partial charge in [0, 0.05) is 30.2 Å². The number of fused-ring (bicyclic) bond motifs is 1. The third-order valence-electron chi connectivity index (χ3n) is 6.30. The van der Waals surface area contributed by atoms with Gasteiger partial charge in [-0.15, -0.1) is 0 Å². The highest BCUT2D eigenvalue weighted by Crippen LogP contribution is 2.40. The van der Waals surface area contributed by atoms with Gasteiger partial charge in [0.15, 0.2) is 5.82 Å². The zero-order valence-corrected chi connectivity index (χ0v) is 25.1. The van der Waals surface area contributed by atoms with Crippen LogP contribution in [0.25, 0.3) is 22.0 Å². The third kappa shape index (κ3) is 7.44. The summed E-state index contributed by atoms with van der Waals surface area (Å²) in [6, 6.07) is 10.3. The Bertz CT molecular complexity index is 1710. The fourth-order valence-electron chi connectivity index (χ4n) is 4.79. The second-order valence-corrected chi connectivity index (χ2v) is 12.1. The van der Waals surface area contributed by atoms with Crippen LogP contribution >= 0.6 is 11.6 Å². The minimum absolute atomic E-state index is 0.0700. The maximum Gasteiger partial charge on any atom is 0.306 e. The molecule has 0 unspecified atom stereocenters. The average molecular weight is 595 g/mol. The van der Waals surface area contributed by atoms with E-state index >= 15 is 0 Å². The van der Waals surface area contributed by atoms with Crippen molar-refractivity contribution < 1.29 is 23.4 Å². The Morgan fingerprint density at radius 2 is 1.74 bits per heavy atom. The first-order chi connectivity index (χ1) is 19.5. The normalized spacial score (nSPS) is 12.6. The Kier molecular flexibility index (Phi) is 8.63. The summed E-state index contributed by atoms with van der Waals surface area (Å²) >= 11 is 6.49. The molecule has 0 spiro atoms. The number of benzene rings is 2. The lowest BCUT2D eigenvalue weighted by atomic mass is 9.87. The summed E-state index contributed by atoms with van der Waals surface area (Å²) in [6.07, 6.45) is -0.0669. The molecular weight excluding hydrogens is 562 g/mol. The van der Waals surface area contributed by atoms with E-state index in [-0.39, 0.29) is 18.7 Å². The Balaban J connectivity index is 1.98. The Labute approximate surface area is 248 Å². The monoisotopic (exact) mass is 594 g/mol. The molecule has 4 rings (SSSR count). The number of halogens is 3. The summed E-state index contributed by atoms with van der Waals surface area (Å²) in [4.78, 5) is 18.0. The molecule has 3 N–H and O–H groups in total. The maximum absolute atomic E-state index is 14.2. The average Bonchev–Trinajstić information content (AvgIpc) is 3.15. The molecule has 0 amide bonds. The molecule has 7 nitrogen and oxygen atoms in total. The number of nitrogens with zero attached hydrogens (tertiary/aromatic N) is 3. The number of hydrogen-bond acceptors (Lipinski definition) is 6. The Hall–Kier alpha value is -4.00. The van der Waals surface area contributed by atoms with Crippen molar-refractivity contribution in [3.8, 4) is 23.0 Å². The summed E-state index contributed by atoms with van der Waals surface area (Å²) in [5, 5.41) is 15.5. The smallest absolute Gasteiger partial charge is 0.306 e. The molecule has 0 fully saturated rings. The van der Waals surface area contributed by atoms with E-state index in [4.69, 9.17) is 27.1 Å². The second-order valence-electron chi connectivity index (χ2n) is 11.7. The molecule has 0 aliphatic rings. The van der Waals surface area contributed by atoms with E-state index in [0.29, 0.717) is 44.0 Å². The summed E-state index contributed by atoms with van der Waals surface area (Å²) in [6.45, 7) is 8.38. The molecule has 0 saturated carbocycles. The number of esters is 1. The van der Waals surface area contributed by atoms with Crippen LogP contribution in [0.5, 0.6) is 0 Å². The van der Waals surface area contributed by atoms with Crippen molar-refractivity contribution in [1.82, 2.24) is 14.8 Å². The first-order valence-corrected chi connectivity index (χ1v) is 13.7. The number of carbonyl (C=O) groups is 1. The molecule has 2 aromatic heterocycles. The SMILES string of the molecule is Cn1nc(N)c2c(Cl)ccc(-c3ccc(C#CC(C)(C)O)nc3[C@@H](CC(=O)OC(C)(C)C)Cc3cc(F)cc(F)c3)c21. The van der Waals surface area contributed by atoms with E-state index in [1.807, 2.05) is 0 Å². The number of aromatic nitrogens is 3. The molecule has 10 heteroatoms. The van der Waals surface area contributed by atoms with Gasteiger partial charge in [0.1, 0.15) is 28.5 Å². The molecule has 0 radical (unpaired) electrons. The molecule has 2 aromatic carbocycles. The zero-order chi connectivity index (χ0) is 31.0. The van der Waals surface area contributed by atoms with Crippen molar-refractivity contribution in [3.63, 3.8) is 0 Å². The number of nitrogens with two attached hydrogens (primary N) is 1. The molecule has 0 bridgehead atoms. The lowest BCUT2D eigenvalue weighted by molar-refractivity contribution is -0.155. The van der Waals surface area contributed by atoms with E-state index in [0.717, 1.165) is 6.07 Å². The van der Waals surface area contributed by atoms with E-state index in [1.54, 1.807) is 70.6 Å². The predicted octanol–water partition coefficient (Wildman–Crippen LogP) is 6.33. The molecule has 42 heavy (non-hydrogen) atoms. The van der Waals surface area contributed by atoms with Crippen LogP contribution in [0, 0.1) is 23.5 Å². The van der Waals surface area contributed by atoms with Crippen molar-refractivity contribution in [2.24, 2.45) is 7.05 Å². The molecule has 0 aliphatic heterocycles. The molecule has 2 heterocycles. The van der Waals surface area contributed by atoms with Crippen molar-refractivity contribution in [2.75, 3.05) is 5.73 Å². The number of pyridine rings is 1. The van der Waals surface area contributed by atoms with Crippen LogP contribution in [0.1, 0.15) is 63.9 Å². The summed E-state index contributed by atoms with van der Waals surface area (Å²) in [7, 11) is 1.74. The topological polar surface area (TPSA) is 103 Å². The molecular formula is C32H33ClF2N4O3. The largest absolute Gasteiger partial charge is 0.460 e. The summed E-state index contributed by atoms with van der Waals surface area (Å²) < 4.78 is 35.7. The molecule has 0 saturated heterocycles. The highest BCUT2D eigenvalue weighted by Gasteiger charge is 2.27. The van der Waals surface area contributed by atoms with Crippen LogP contribution in [0.3, 0.4) is 0 Å². The fourth-order valence-corrected chi connectivity index (χ4v) is 5.04. The van der Waals surface area contributed by atoms with Gasteiger partial charge >= 0.3 is 5.97 Å². The standard InChI is InChI=1S/C32H33ClF2N4O3/c1-31(2,3)42-26(40)16-19(13-18-14-20(34)17-21(35)15-18)28-23(8-7-22(37-28)11-12-32(4,5)41)24-9-10-25(33)27-29(24)39(6)38-30(27)36/h7-10,14-15,17,19,41H,13,16H2,1-6H3,(H2,36,38)/t19-/m1/s1. The highest BCUT2D eigenvalue weighted by atomic mass is 35.5. The van der Waals surface area contributed by atoms with Gasteiger partial charge in [-0.25, -0.2) is 13.8 Å². The second kappa shape index (κ2) is 11.7. The number of rotatable bonds is 6. The minimum Gasteiger partial charge on any atom is -0.460 e. The third-order valence-corrected chi connectivity index (χ3v) is 6.62. The van der Waals surface area contributed by atoms with E-state index in [1.165, 1.54) is 12.1 Å². The van der Waals surface area contributed by atoms with Crippen LogP contribution in [0.15, 0.2) is 42.5 Å². The Morgan fingerprint density at radius 3 is 2.36 bits per heavy atom. The van der Waals surface area contributed by atoms with Crippen LogP contribution < -0.4 is 5.73 Å². The van der Waals surface area contributed by atoms with Gasteiger partial charge in [-0.1, -0.05) is 23.6 Å². The number of aliphatic hydroxyl groups is 1.